The molecule has 1 aliphatic rings. The average molecular weight is 737 g/mol. The number of aliphatic hydroxyl groups excluding tert-OH is 1. The number of hydrogen-bond acceptors (Lipinski definition) is 11. The molecule has 0 unspecified atom stereocenters. The maximum atomic E-state index is 14.4. The highest BCUT2D eigenvalue weighted by Gasteiger charge is 2.33. The number of anilines is 1. The van der Waals surface area contributed by atoms with Gasteiger partial charge in [0.1, 0.15) is 17.2 Å². The zero-order valence-corrected chi connectivity index (χ0v) is 31.2. The van der Waals surface area contributed by atoms with E-state index in [2.05, 4.69) is 9.88 Å². The molecule has 0 aliphatic carbocycles. The van der Waals surface area contributed by atoms with Gasteiger partial charge in [-0.05, 0) is 89.4 Å². The van der Waals surface area contributed by atoms with Gasteiger partial charge in [0.2, 0.25) is 10.0 Å². The molecule has 2 aromatic carbocycles. The molecule has 4 rings (SSSR count). The number of hydrogen-bond donors (Lipinski definition) is 2. The topological polar surface area (TPSA) is 178 Å². The van der Waals surface area contributed by atoms with Crippen molar-refractivity contribution < 1.29 is 45.5 Å². The highest BCUT2D eigenvalue weighted by atomic mass is 32.2. The van der Waals surface area contributed by atoms with Crippen LogP contribution >= 0.6 is 0 Å². The smallest absolute Gasteiger partial charge is 0.267 e. The normalized spacial score (nSPS) is 20.5. The second kappa shape index (κ2) is 16.5. The van der Waals surface area contributed by atoms with Crippen LogP contribution in [-0.4, -0.2) is 101 Å². The summed E-state index contributed by atoms with van der Waals surface area (Å²) in [6.07, 6.45) is 1.16. The van der Waals surface area contributed by atoms with Crippen LogP contribution in [-0.2, 0) is 24.8 Å². The minimum atomic E-state index is -4.12. The molecule has 276 valence electrons. The van der Waals surface area contributed by atoms with Crippen molar-refractivity contribution >= 4 is 31.6 Å². The van der Waals surface area contributed by atoms with Crippen molar-refractivity contribution in [1.82, 2.24) is 14.4 Å². The van der Waals surface area contributed by atoms with Crippen LogP contribution in [0.25, 0.3) is 0 Å². The number of sulfonamides is 2. The van der Waals surface area contributed by atoms with Crippen molar-refractivity contribution in [1.29, 1.82) is 0 Å². The summed E-state index contributed by atoms with van der Waals surface area (Å²) in [6.45, 7) is 8.56. The van der Waals surface area contributed by atoms with E-state index in [0.717, 1.165) is 6.42 Å². The highest BCUT2D eigenvalue weighted by molar-refractivity contribution is 7.92. The van der Waals surface area contributed by atoms with E-state index in [-0.39, 0.29) is 64.0 Å². The van der Waals surface area contributed by atoms with Crippen molar-refractivity contribution in [3.63, 3.8) is 0 Å². The van der Waals surface area contributed by atoms with Crippen LogP contribution in [0.5, 0.6) is 11.5 Å². The molecular weight excluding hydrogens is 689 g/mol. The van der Waals surface area contributed by atoms with Crippen LogP contribution in [0, 0.1) is 19.8 Å². The number of fused-ring (bicyclic) bond motifs is 1. The van der Waals surface area contributed by atoms with Crippen molar-refractivity contribution in [3.05, 3.63) is 59.5 Å². The van der Waals surface area contributed by atoms with Gasteiger partial charge in [-0.15, -0.1) is 0 Å². The minimum Gasteiger partial charge on any atom is -0.497 e. The molecule has 0 saturated heterocycles. The van der Waals surface area contributed by atoms with E-state index in [1.807, 2.05) is 13.8 Å². The first kappa shape index (κ1) is 39.1. The number of benzene rings is 2. The molecule has 0 fully saturated rings. The van der Waals surface area contributed by atoms with Gasteiger partial charge in [-0.2, -0.15) is 4.31 Å². The number of carbonyl (C=O) groups is 1. The van der Waals surface area contributed by atoms with E-state index in [4.69, 9.17) is 18.7 Å². The molecule has 0 spiro atoms. The summed E-state index contributed by atoms with van der Waals surface area (Å²) < 4.78 is 80.2. The second-order valence-corrected chi connectivity index (χ2v) is 16.4. The van der Waals surface area contributed by atoms with Gasteiger partial charge < -0.3 is 28.7 Å². The van der Waals surface area contributed by atoms with Crippen molar-refractivity contribution in [2.24, 2.45) is 5.92 Å². The summed E-state index contributed by atoms with van der Waals surface area (Å²) in [5, 5.41) is 14.0. The standard InChI is InChI=1S/C34H48N4O10S2/c1-22-19-38(23(2)21-39)34(40)30-18-27(36-49(41,42)33-25(4)35-48-26(33)5)11-16-31(30)47-24(3)10-8-9-17-46-32(22)20-37(6)50(43,44)29-14-12-28(45-7)13-15-29/h11-16,18,22-24,32,36,39H,8-10,17,19-21H2,1-7H3/t22-,23+,24+,32-/m0/s1. The number of aromatic nitrogens is 1. The Hall–Kier alpha value is -3.70. The lowest BCUT2D eigenvalue weighted by Gasteiger charge is -2.35. The van der Waals surface area contributed by atoms with Gasteiger partial charge in [0.25, 0.3) is 15.9 Å². The van der Waals surface area contributed by atoms with Gasteiger partial charge >= 0.3 is 0 Å². The van der Waals surface area contributed by atoms with Crippen molar-refractivity contribution in [2.75, 3.05) is 45.2 Å². The van der Waals surface area contributed by atoms with Gasteiger partial charge in [-0.25, -0.2) is 16.8 Å². The first-order chi connectivity index (χ1) is 23.6. The SMILES string of the molecule is COc1ccc(S(=O)(=O)N(C)C[C@@H]2OCCCC[C@@H](C)Oc3ccc(NS(=O)(=O)c4c(C)noc4C)cc3C(=O)N([C@H](C)CO)C[C@@H]2C)cc1. The summed E-state index contributed by atoms with van der Waals surface area (Å²) >= 11 is 0. The molecule has 4 atom stereocenters. The third kappa shape index (κ3) is 9.15. The Bertz CT molecular complexity index is 1810. The summed E-state index contributed by atoms with van der Waals surface area (Å²) in [4.78, 5) is 15.9. The molecular formula is C34H48N4O10S2. The second-order valence-electron chi connectivity index (χ2n) is 12.7. The number of rotatable bonds is 10. The monoisotopic (exact) mass is 736 g/mol. The van der Waals surface area contributed by atoms with E-state index >= 15 is 0 Å². The maximum Gasteiger partial charge on any atom is 0.267 e. The fourth-order valence-electron chi connectivity index (χ4n) is 5.79. The zero-order chi connectivity index (χ0) is 36.8. The van der Waals surface area contributed by atoms with Gasteiger partial charge in [-0.1, -0.05) is 12.1 Å². The number of aryl methyl sites for hydroxylation is 2. The first-order valence-corrected chi connectivity index (χ1v) is 19.4. The van der Waals surface area contributed by atoms with Crippen LogP contribution in [0.1, 0.15) is 61.8 Å². The number of ether oxygens (including phenoxy) is 3. The number of methoxy groups -OCH3 is 1. The Kier molecular flexibility index (Phi) is 12.9. The van der Waals surface area contributed by atoms with Gasteiger partial charge in [0.15, 0.2) is 10.7 Å². The first-order valence-electron chi connectivity index (χ1n) is 16.5. The van der Waals surface area contributed by atoms with Crippen LogP contribution in [0.2, 0.25) is 0 Å². The number of likely N-dealkylation sites (N-methyl/N-ethyl adjacent to an activating group) is 1. The summed E-state index contributed by atoms with van der Waals surface area (Å²) in [7, 11) is -5.02. The molecule has 0 radical (unpaired) electrons. The highest BCUT2D eigenvalue weighted by Crippen LogP contribution is 2.31. The van der Waals surface area contributed by atoms with E-state index in [1.54, 1.807) is 25.1 Å². The molecule has 2 N–H and O–H groups in total. The molecule has 1 amide bonds. The molecule has 50 heavy (non-hydrogen) atoms. The number of aliphatic hydroxyl groups is 1. The lowest BCUT2D eigenvalue weighted by molar-refractivity contribution is -0.00834. The molecule has 1 aromatic heterocycles. The third-order valence-corrected chi connectivity index (χ3v) is 12.2. The summed E-state index contributed by atoms with van der Waals surface area (Å²) in [6, 6.07) is 9.95. The van der Waals surface area contributed by atoms with Crippen LogP contribution in [0.3, 0.4) is 0 Å². The van der Waals surface area contributed by atoms with E-state index in [0.29, 0.717) is 25.2 Å². The lowest BCUT2D eigenvalue weighted by atomic mass is 10.0. The number of nitrogens with zero attached hydrogens (tertiary/aromatic N) is 3. The molecule has 0 saturated carbocycles. The van der Waals surface area contributed by atoms with Crippen LogP contribution in [0.4, 0.5) is 5.69 Å². The molecule has 3 aromatic rings. The Balaban J connectivity index is 1.68. The predicted molar refractivity (Wildman–Crippen MR) is 186 cm³/mol. The van der Waals surface area contributed by atoms with E-state index in [9.17, 15) is 26.7 Å². The Morgan fingerprint density at radius 1 is 1.10 bits per heavy atom. The number of nitrogens with one attached hydrogen (secondary N) is 1. The number of amides is 1. The quantitative estimate of drug-likeness (QED) is 0.305. The predicted octanol–water partition coefficient (Wildman–Crippen LogP) is 4.22. The fraction of sp³-hybridized carbons (Fsp3) is 0.529. The number of carbonyl (C=O) groups excluding carboxylic acids is 1. The molecule has 0 bridgehead atoms. The average Bonchev–Trinajstić information content (AvgIpc) is 3.43. The van der Waals surface area contributed by atoms with Crippen LogP contribution in [0.15, 0.2) is 56.8 Å². The zero-order valence-electron chi connectivity index (χ0n) is 29.6. The van der Waals surface area contributed by atoms with Crippen LogP contribution < -0.4 is 14.2 Å². The molecule has 1 aliphatic heterocycles. The lowest BCUT2D eigenvalue weighted by Crippen LogP contribution is -2.48. The third-order valence-electron chi connectivity index (χ3n) is 8.75. The Labute approximate surface area is 294 Å². The summed E-state index contributed by atoms with van der Waals surface area (Å²) in [5.41, 5.74) is 0.403. The van der Waals surface area contributed by atoms with E-state index < -0.39 is 44.0 Å². The minimum absolute atomic E-state index is 0.00873. The van der Waals surface area contributed by atoms with Crippen molar-refractivity contribution in [2.45, 2.75) is 81.9 Å². The van der Waals surface area contributed by atoms with Crippen molar-refractivity contribution in [3.8, 4) is 11.5 Å². The van der Waals surface area contributed by atoms with E-state index in [1.165, 1.54) is 61.5 Å². The van der Waals surface area contributed by atoms with Gasteiger partial charge in [-0.3, -0.25) is 9.52 Å². The van der Waals surface area contributed by atoms with Gasteiger partial charge in [0, 0.05) is 38.3 Å². The summed E-state index contributed by atoms with van der Waals surface area (Å²) in [5.74, 6) is 0.0185. The molecule has 16 heteroatoms. The maximum absolute atomic E-state index is 14.4. The fourth-order valence-corrected chi connectivity index (χ4v) is 8.36. The molecule has 14 nitrogen and oxygen atoms in total. The largest absolute Gasteiger partial charge is 0.497 e. The Morgan fingerprint density at radius 2 is 1.80 bits per heavy atom. The Morgan fingerprint density at radius 3 is 2.42 bits per heavy atom. The van der Waals surface area contributed by atoms with Gasteiger partial charge in [0.05, 0.1) is 42.4 Å². The molecule has 2 heterocycles.